The van der Waals surface area contributed by atoms with Crippen molar-refractivity contribution in [3.05, 3.63) is 0 Å². The maximum atomic E-state index is 3.11. The van der Waals surface area contributed by atoms with Gasteiger partial charge in [-0.15, -0.1) is 0 Å². The second-order valence-corrected chi connectivity index (χ2v) is 1.10. The Morgan fingerprint density at radius 3 is 1.40 bits per heavy atom. The molecule has 0 aromatic heterocycles. The van der Waals surface area contributed by atoms with E-state index in [0.717, 1.165) is 0 Å². The molecule has 1 rings (SSSR count). The standard InChI is InChI=1S/C3H7N.BH3/c1-2-4-3-1;/h4H,1-3H2;1H3. The van der Waals surface area contributed by atoms with Crippen LogP contribution in [0, 0.1) is 0 Å². The number of rotatable bonds is 0. The summed E-state index contributed by atoms with van der Waals surface area (Å²) >= 11 is 0. The van der Waals surface area contributed by atoms with Gasteiger partial charge in [0.15, 0.2) is 0 Å². The molecule has 0 atom stereocenters. The van der Waals surface area contributed by atoms with Crippen molar-refractivity contribution < 1.29 is 0 Å². The highest BCUT2D eigenvalue weighted by molar-refractivity contribution is 5.75. The van der Waals surface area contributed by atoms with E-state index in [2.05, 4.69) is 5.32 Å². The molecule has 1 aliphatic heterocycles. The molecule has 1 aliphatic rings. The van der Waals surface area contributed by atoms with Gasteiger partial charge >= 0.3 is 0 Å². The van der Waals surface area contributed by atoms with E-state index in [4.69, 9.17) is 0 Å². The van der Waals surface area contributed by atoms with Crippen LogP contribution in [-0.4, -0.2) is 21.5 Å². The van der Waals surface area contributed by atoms with Crippen molar-refractivity contribution in [3.8, 4) is 0 Å². The van der Waals surface area contributed by atoms with Crippen LogP contribution in [-0.2, 0) is 0 Å². The van der Waals surface area contributed by atoms with Gasteiger partial charge in [-0.25, -0.2) is 0 Å². The molecule has 2 heteroatoms. The van der Waals surface area contributed by atoms with Crippen LogP contribution in [0.25, 0.3) is 0 Å². The first-order valence-electron chi connectivity index (χ1n) is 1.71. The third-order valence-corrected chi connectivity index (χ3v) is 0.707. The minimum Gasteiger partial charge on any atom is -0.317 e. The van der Waals surface area contributed by atoms with Crippen molar-refractivity contribution in [2.45, 2.75) is 6.42 Å². The average Bonchev–Trinajstić information content (AvgIpc) is 0.722. The summed E-state index contributed by atoms with van der Waals surface area (Å²) in [6, 6.07) is 0. The third-order valence-electron chi connectivity index (χ3n) is 0.707. The summed E-state index contributed by atoms with van der Waals surface area (Å²) in [5.41, 5.74) is 0. The summed E-state index contributed by atoms with van der Waals surface area (Å²) in [7, 11) is 0. The summed E-state index contributed by atoms with van der Waals surface area (Å²) in [5.74, 6) is 0. The largest absolute Gasteiger partial charge is 0.317 e. The Labute approximate surface area is 34.3 Å². The Balaban J connectivity index is 0.000000160. The monoisotopic (exact) mass is 71.1 g/mol. The van der Waals surface area contributed by atoms with Crippen LogP contribution in [0.3, 0.4) is 0 Å². The Kier molecular flexibility index (Phi) is 2.28. The first-order chi connectivity index (χ1) is 2.00. The minimum absolute atomic E-state index is 0. The quantitative estimate of drug-likeness (QED) is 0.353. The maximum absolute atomic E-state index is 3.11. The SMILES string of the molecule is B.C1CNC1. The molecule has 1 fully saturated rings. The van der Waals surface area contributed by atoms with E-state index in [-0.39, 0.29) is 8.41 Å². The topological polar surface area (TPSA) is 12.0 Å². The summed E-state index contributed by atoms with van der Waals surface area (Å²) in [4.78, 5) is 0. The van der Waals surface area contributed by atoms with E-state index < -0.39 is 0 Å². The smallest absolute Gasteiger partial charge is 0.0814 e. The van der Waals surface area contributed by atoms with Crippen LogP contribution in [0.1, 0.15) is 6.42 Å². The van der Waals surface area contributed by atoms with Gasteiger partial charge in [-0.3, -0.25) is 0 Å². The molecule has 0 aromatic carbocycles. The van der Waals surface area contributed by atoms with Gasteiger partial charge in [-0.1, -0.05) is 0 Å². The van der Waals surface area contributed by atoms with Gasteiger partial charge in [-0.05, 0) is 19.5 Å². The number of hydrogen-bond acceptors (Lipinski definition) is 1. The van der Waals surface area contributed by atoms with Crippen molar-refractivity contribution >= 4 is 8.41 Å². The number of nitrogens with one attached hydrogen (secondary N) is 1. The van der Waals surface area contributed by atoms with E-state index in [0.29, 0.717) is 0 Å². The molecular weight excluding hydrogens is 60.9 g/mol. The molecule has 1 N–H and O–H groups in total. The molecule has 0 amide bonds. The fourth-order valence-electron chi connectivity index (χ4n) is 0.177. The predicted octanol–water partition coefficient (Wildman–Crippen LogP) is -1.20. The highest BCUT2D eigenvalue weighted by atomic mass is 14.9. The average molecular weight is 70.9 g/mol. The Bertz CT molecular complexity index is 14.9. The molecule has 1 heterocycles. The Hall–Kier alpha value is 0.0249. The van der Waals surface area contributed by atoms with Gasteiger partial charge in [0.05, 0.1) is 8.41 Å². The van der Waals surface area contributed by atoms with E-state index in [1.807, 2.05) is 0 Å². The second-order valence-electron chi connectivity index (χ2n) is 1.10. The van der Waals surface area contributed by atoms with Gasteiger partial charge in [-0.2, -0.15) is 0 Å². The zero-order valence-electron chi connectivity index (χ0n) is 2.62. The minimum atomic E-state index is 0. The van der Waals surface area contributed by atoms with Crippen molar-refractivity contribution in [2.24, 2.45) is 0 Å². The molecule has 0 radical (unpaired) electrons. The van der Waals surface area contributed by atoms with Crippen LogP contribution in [0.5, 0.6) is 0 Å². The fourth-order valence-corrected chi connectivity index (χ4v) is 0.177. The highest BCUT2D eigenvalue weighted by Gasteiger charge is 1.92. The summed E-state index contributed by atoms with van der Waals surface area (Å²) in [5, 5.41) is 3.11. The molecule has 0 spiro atoms. The zero-order chi connectivity index (χ0) is 2.83. The van der Waals surface area contributed by atoms with Crippen molar-refractivity contribution in [3.63, 3.8) is 0 Å². The Morgan fingerprint density at radius 2 is 1.40 bits per heavy atom. The third kappa shape index (κ3) is 1.02. The Morgan fingerprint density at radius 1 is 1.20 bits per heavy atom. The fraction of sp³-hybridized carbons (Fsp3) is 1.00. The first-order valence-corrected chi connectivity index (χ1v) is 1.71. The summed E-state index contributed by atoms with van der Waals surface area (Å²) < 4.78 is 0. The van der Waals surface area contributed by atoms with E-state index in [9.17, 15) is 0 Å². The number of hydrogen-bond donors (Lipinski definition) is 1. The van der Waals surface area contributed by atoms with Gasteiger partial charge in [0, 0.05) is 0 Å². The van der Waals surface area contributed by atoms with Crippen LogP contribution < -0.4 is 5.32 Å². The van der Waals surface area contributed by atoms with E-state index >= 15 is 0 Å². The van der Waals surface area contributed by atoms with Gasteiger partial charge < -0.3 is 5.32 Å². The van der Waals surface area contributed by atoms with Crippen LogP contribution in [0.15, 0.2) is 0 Å². The molecule has 1 saturated heterocycles. The lowest BCUT2D eigenvalue weighted by atomic mass is 10.3. The molecule has 0 saturated carbocycles. The molecule has 0 aliphatic carbocycles. The van der Waals surface area contributed by atoms with Gasteiger partial charge in [0.25, 0.3) is 0 Å². The first kappa shape index (κ1) is 5.02. The van der Waals surface area contributed by atoms with E-state index in [1.54, 1.807) is 0 Å². The van der Waals surface area contributed by atoms with Crippen molar-refractivity contribution in [1.82, 2.24) is 5.32 Å². The van der Waals surface area contributed by atoms with E-state index in [1.165, 1.54) is 19.5 Å². The van der Waals surface area contributed by atoms with Crippen molar-refractivity contribution in [2.75, 3.05) is 13.1 Å². The molecule has 5 heavy (non-hydrogen) atoms. The maximum Gasteiger partial charge on any atom is 0.0814 e. The lowest BCUT2D eigenvalue weighted by Gasteiger charge is -2.09. The lowest BCUT2D eigenvalue weighted by molar-refractivity contribution is 0.527. The summed E-state index contributed by atoms with van der Waals surface area (Å²) in [6.07, 6.45) is 1.39. The van der Waals surface area contributed by atoms with Gasteiger partial charge in [0.1, 0.15) is 0 Å². The lowest BCUT2D eigenvalue weighted by Crippen LogP contribution is -2.29. The molecule has 0 aromatic rings. The summed E-state index contributed by atoms with van der Waals surface area (Å²) in [6.45, 7) is 2.50. The van der Waals surface area contributed by atoms with Crippen LogP contribution >= 0.6 is 0 Å². The normalized spacial score (nSPS) is 19.2. The molecule has 1 nitrogen and oxygen atoms in total. The van der Waals surface area contributed by atoms with Crippen LogP contribution in [0.4, 0.5) is 0 Å². The molecule has 30 valence electrons. The molecule has 0 unspecified atom stereocenters. The zero-order valence-corrected chi connectivity index (χ0v) is 2.62. The second kappa shape index (κ2) is 2.27. The highest BCUT2D eigenvalue weighted by Crippen LogP contribution is 1.80. The molecular formula is C3H10BN. The van der Waals surface area contributed by atoms with Crippen molar-refractivity contribution in [1.29, 1.82) is 0 Å². The molecule has 0 bridgehead atoms. The van der Waals surface area contributed by atoms with Crippen LogP contribution in [0.2, 0.25) is 0 Å². The van der Waals surface area contributed by atoms with Gasteiger partial charge in [0.2, 0.25) is 0 Å². The predicted molar refractivity (Wildman–Crippen MR) is 27.4 cm³/mol.